The lowest BCUT2D eigenvalue weighted by atomic mass is 9.88. The molecule has 1 atom stereocenters. The number of likely N-dealkylation sites (tertiary alicyclic amines) is 1. The standard InChI is InChI=1S/C23H31N5O2/c24-22(18-9-5-13-28(15-18)14-16-6-2-1-3-7-16)27-23(30)25-19-10-4-8-17-11-12-20(29)26-21(17)19/h4,8,10-12,16,18H,1-3,5-7,9,13-15H2,(H,26,29)(H3,24,25,27,30). The van der Waals surface area contributed by atoms with Crippen LogP contribution in [0, 0.1) is 11.8 Å². The number of nitrogens with zero attached hydrogens (tertiary/aromatic N) is 2. The number of anilines is 1. The second-order valence-electron chi connectivity index (χ2n) is 8.66. The summed E-state index contributed by atoms with van der Waals surface area (Å²) in [7, 11) is 0. The van der Waals surface area contributed by atoms with E-state index in [1.54, 1.807) is 12.1 Å². The molecule has 1 saturated heterocycles. The lowest BCUT2D eigenvalue weighted by Crippen LogP contribution is -2.43. The van der Waals surface area contributed by atoms with Gasteiger partial charge >= 0.3 is 6.03 Å². The fraction of sp³-hybridized carbons (Fsp3) is 0.522. The van der Waals surface area contributed by atoms with Gasteiger partial charge in [0.15, 0.2) is 0 Å². The van der Waals surface area contributed by atoms with E-state index in [1.807, 2.05) is 12.1 Å². The number of nitrogens with two attached hydrogens (primary N) is 1. The highest BCUT2D eigenvalue weighted by molar-refractivity contribution is 6.04. The van der Waals surface area contributed by atoms with E-state index in [1.165, 1.54) is 38.2 Å². The topological polar surface area (TPSA) is 104 Å². The van der Waals surface area contributed by atoms with Gasteiger partial charge in [0.2, 0.25) is 5.56 Å². The number of hydrogen-bond donors (Lipinski definition) is 3. The molecular weight excluding hydrogens is 378 g/mol. The molecule has 4 N–H and O–H groups in total. The predicted octanol–water partition coefficient (Wildman–Crippen LogP) is 3.71. The van der Waals surface area contributed by atoms with Crippen molar-refractivity contribution in [1.82, 2.24) is 9.88 Å². The number of rotatable bonds is 4. The zero-order valence-electron chi connectivity index (χ0n) is 17.4. The average molecular weight is 410 g/mol. The number of carbonyl (C=O) groups is 1. The second kappa shape index (κ2) is 9.43. The Bertz CT molecular complexity index is 977. The highest BCUT2D eigenvalue weighted by Gasteiger charge is 2.26. The van der Waals surface area contributed by atoms with E-state index in [2.05, 4.69) is 20.2 Å². The average Bonchev–Trinajstić information content (AvgIpc) is 2.75. The van der Waals surface area contributed by atoms with Gasteiger partial charge in [-0.05, 0) is 50.3 Å². The third-order valence-corrected chi connectivity index (χ3v) is 6.40. The van der Waals surface area contributed by atoms with E-state index < -0.39 is 6.03 Å². The molecule has 7 nitrogen and oxygen atoms in total. The normalized spacial score (nSPS) is 21.6. The number of carbonyl (C=O) groups excluding carboxylic acids is 1. The minimum Gasteiger partial charge on any atom is -0.387 e. The van der Waals surface area contributed by atoms with E-state index in [4.69, 9.17) is 5.73 Å². The first kappa shape index (κ1) is 20.6. The number of aromatic nitrogens is 1. The van der Waals surface area contributed by atoms with Crippen molar-refractivity contribution in [3.8, 4) is 0 Å². The minimum atomic E-state index is -0.505. The van der Waals surface area contributed by atoms with Gasteiger partial charge < -0.3 is 20.9 Å². The highest BCUT2D eigenvalue weighted by Crippen LogP contribution is 2.26. The van der Waals surface area contributed by atoms with Crippen LogP contribution in [0.15, 0.2) is 40.1 Å². The van der Waals surface area contributed by atoms with E-state index in [0.717, 1.165) is 43.8 Å². The van der Waals surface area contributed by atoms with Crippen LogP contribution in [0.2, 0.25) is 0 Å². The molecule has 1 aromatic heterocycles. The third kappa shape index (κ3) is 5.08. The zero-order valence-corrected chi connectivity index (χ0v) is 17.4. The van der Waals surface area contributed by atoms with Gasteiger partial charge in [-0.25, -0.2) is 4.79 Å². The Labute approximate surface area is 176 Å². The van der Waals surface area contributed by atoms with E-state index in [9.17, 15) is 9.59 Å². The van der Waals surface area contributed by atoms with Gasteiger partial charge in [0.1, 0.15) is 5.84 Å². The summed E-state index contributed by atoms with van der Waals surface area (Å²) >= 11 is 0. The van der Waals surface area contributed by atoms with Crippen molar-refractivity contribution in [3.05, 3.63) is 40.7 Å². The third-order valence-electron chi connectivity index (χ3n) is 6.40. The molecule has 2 heterocycles. The fourth-order valence-corrected chi connectivity index (χ4v) is 4.83. The van der Waals surface area contributed by atoms with Crippen molar-refractivity contribution >= 4 is 28.5 Å². The zero-order chi connectivity index (χ0) is 20.9. The Balaban J connectivity index is 1.39. The van der Waals surface area contributed by atoms with Crippen LogP contribution in [0.5, 0.6) is 0 Å². The summed E-state index contributed by atoms with van der Waals surface area (Å²) in [4.78, 5) is 33.6. The quantitative estimate of drug-likeness (QED) is 0.529. The second-order valence-corrected chi connectivity index (χ2v) is 8.66. The number of piperidine rings is 1. The summed E-state index contributed by atoms with van der Waals surface area (Å²) in [5.74, 6) is 1.31. The van der Waals surface area contributed by atoms with Crippen LogP contribution in [0.4, 0.5) is 10.5 Å². The van der Waals surface area contributed by atoms with Gasteiger partial charge in [0.05, 0.1) is 11.2 Å². The monoisotopic (exact) mass is 409 g/mol. The minimum absolute atomic E-state index is 0.111. The summed E-state index contributed by atoms with van der Waals surface area (Å²) in [6.07, 6.45) is 8.79. The molecule has 0 bridgehead atoms. The molecule has 1 aromatic carbocycles. The smallest absolute Gasteiger partial charge is 0.347 e. The van der Waals surface area contributed by atoms with Gasteiger partial charge in [-0.2, -0.15) is 4.99 Å². The van der Waals surface area contributed by atoms with Gasteiger partial charge in [0.25, 0.3) is 0 Å². The van der Waals surface area contributed by atoms with Crippen LogP contribution in [0.1, 0.15) is 44.9 Å². The summed E-state index contributed by atoms with van der Waals surface area (Å²) in [5.41, 5.74) is 7.13. The number of amides is 2. The van der Waals surface area contributed by atoms with Crippen LogP contribution >= 0.6 is 0 Å². The molecule has 2 aliphatic rings. The van der Waals surface area contributed by atoms with Crippen LogP contribution in [-0.4, -0.2) is 41.4 Å². The lowest BCUT2D eigenvalue weighted by Gasteiger charge is -2.35. The number of aliphatic imine (C=N–C) groups is 1. The van der Waals surface area contributed by atoms with Gasteiger partial charge in [0, 0.05) is 30.5 Å². The SMILES string of the molecule is N/C(=N\C(=O)Nc1cccc2ccc(=O)[nH]c12)C1CCCN(CC2CCCCC2)C1. The lowest BCUT2D eigenvalue weighted by molar-refractivity contribution is 0.157. The maximum Gasteiger partial charge on any atom is 0.347 e. The number of amidine groups is 1. The van der Waals surface area contributed by atoms with Crippen molar-refractivity contribution in [3.63, 3.8) is 0 Å². The molecule has 7 heteroatoms. The van der Waals surface area contributed by atoms with E-state index in [0.29, 0.717) is 17.0 Å². The summed E-state index contributed by atoms with van der Waals surface area (Å²) in [6, 6.07) is 8.13. The molecule has 30 heavy (non-hydrogen) atoms. The first-order chi connectivity index (χ1) is 14.6. The number of urea groups is 1. The molecule has 1 aliphatic carbocycles. The maximum absolute atomic E-state index is 12.5. The van der Waals surface area contributed by atoms with Crippen molar-refractivity contribution in [2.75, 3.05) is 25.0 Å². The molecule has 2 amide bonds. The van der Waals surface area contributed by atoms with Crippen molar-refractivity contribution < 1.29 is 4.79 Å². The molecule has 1 unspecified atom stereocenters. The fourth-order valence-electron chi connectivity index (χ4n) is 4.83. The van der Waals surface area contributed by atoms with Crippen molar-refractivity contribution in [1.29, 1.82) is 0 Å². The number of para-hydroxylation sites is 1. The Hall–Kier alpha value is -2.67. The molecule has 4 rings (SSSR count). The van der Waals surface area contributed by atoms with E-state index >= 15 is 0 Å². The predicted molar refractivity (Wildman–Crippen MR) is 121 cm³/mol. The van der Waals surface area contributed by atoms with Crippen LogP contribution in [0.25, 0.3) is 10.9 Å². The van der Waals surface area contributed by atoms with Gasteiger partial charge in [-0.1, -0.05) is 31.4 Å². The molecule has 0 radical (unpaired) electrons. The number of H-pyrrole nitrogens is 1. The molecule has 0 spiro atoms. The largest absolute Gasteiger partial charge is 0.387 e. The molecule has 1 aliphatic heterocycles. The molecular formula is C23H31N5O2. The Morgan fingerprint density at radius 3 is 2.80 bits per heavy atom. The summed E-state index contributed by atoms with van der Waals surface area (Å²) in [6.45, 7) is 3.12. The number of pyridine rings is 1. The Morgan fingerprint density at radius 1 is 1.13 bits per heavy atom. The number of nitrogens with one attached hydrogen (secondary N) is 2. The maximum atomic E-state index is 12.5. The molecule has 160 valence electrons. The van der Waals surface area contributed by atoms with Crippen LogP contribution < -0.4 is 16.6 Å². The molecule has 1 saturated carbocycles. The summed E-state index contributed by atoms with van der Waals surface area (Å²) in [5, 5.41) is 3.61. The van der Waals surface area contributed by atoms with Crippen molar-refractivity contribution in [2.45, 2.75) is 44.9 Å². The highest BCUT2D eigenvalue weighted by atomic mass is 16.2. The first-order valence-electron chi connectivity index (χ1n) is 11.1. The molecule has 2 fully saturated rings. The Morgan fingerprint density at radius 2 is 1.97 bits per heavy atom. The number of fused-ring (bicyclic) bond motifs is 1. The number of aromatic amines is 1. The number of hydrogen-bond acceptors (Lipinski definition) is 3. The van der Waals surface area contributed by atoms with Gasteiger partial charge in [-0.3, -0.25) is 4.79 Å². The van der Waals surface area contributed by atoms with Crippen LogP contribution in [0.3, 0.4) is 0 Å². The van der Waals surface area contributed by atoms with Crippen LogP contribution in [-0.2, 0) is 0 Å². The number of benzene rings is 1. The summed E-state index contributed by atoms with van der Waals surface area (Å²) < 4.78 is 0. The van der Waals surface area contributed by atoms with Crippen molar-refractivity contribution in [2.24, 2.45) is 22.6 Å². The van der Waals surface area contributed by atoms with E-state index in [-0.39, 0.29) is 11.5 Å². The first-order valence-corrected chi connectivity index (χ1v) is 11.1. The molecule has 2 aromatic rings. The van der Waals surface area contributed by atoms with Gasteiger partial charge in [-0.15, -0.1) is 0 Å². The Kier molecular flexibility index (Phi) is 6.47.